The molecule has 0 aliphatic heterocycles. The Morgan fingerprint density at radius 1 is 0.368 bits per heavy atom. The number of benzene rings is 4. The summed E-state index contributed by atoms with van der Waals surface area (Å²) in [5.41, 5.74) is 3.80. The van der Waals surface area contributed by atoms with Crippen LogP contribution in [0.3, 0.4) is 0 Å². The zero-order valence-electron chi connectivity index (χ0n) is 35.7. The van der Waals surface area contributed by atoms with Gasteiger partial charge in [0, 0.05) is 0 Å². The summed E-state index contributed by atoms with van der Waals surface area (Å²) in [7, 11) is -9.01. The molecule has 0 saturated heterocycles. The number of hydrogen-bond acceptors (Lipinski definition) is 6. The summed E-state index contributed by atoms with van der Waals surface area (Å²) in [6.07, 6.45) is 26.3. The second kappa shape index (κ2) is 28.3. The molecule has 0 saturated carbocycles. The average molecular weight is 945 g/mol. The van der Waals surface area contributed by atoms with E-state index in [0.29, 0.717) is 34.7 Å². The maximum absolute atomic E-state index is 12.1. The Labute approximate surface area is 387 Å². The van der Waals surface area contributed by atoms with E-state index in [4.69, 9.17) is 0 Å². The molecule has 6 nitrogen and oxygen atoms in total. The number of aryl methyl sites for hydroxylation is 4. The van der Waals surface area contributed by atoms with Crippen molar-refractivity contribution in [2.45, 2.75) is 192 Å². The molecule has 0 amide bonds. The Hall–Kier alpha value is -1.21. The van der Waals surface area contributed by atoms with Crippen molar-refractivity contribution in [2.75, 3.05) is 0 Å². The molecule has 0 aromatic heterocycles. The standard InChI is InChI=1S/2C24H36O3S.Ba/c2*1-3-5-7-9-11-15-20-19-21(16-12-10-8-6-4-2)24(28(25,26)27)23-18-14-13-17-22(20)23;/h2*13-14,17-19H,3-12,15-16H2,1-2H3,(H,25,26,27);/q;;+2/p-2. The van der Waals surface area contributed by atoms with Crippen LogP contribution in [0.1, 0.15) is 178 Å². The van der Waals surface area contributed by atoms with Crippen LogP contribution in [0.2, 0.25) is 0 Å². The zero-order valence-corrected chi connectivity index (χ0v) is 41.8. The number of unbranched alkanes of at least 4 members (excludes halogenated alkanes) is 16. The molecule has 0 N–H and O–H groups in total. The third-order valence-corrected chi connectivity index (χ3v) is 13.0. The minimum atomic E-state index is -4.51. The molecule has 0 radical (unpaired) electrons. The van der Waals surface area contributed by atoms with Crippen molar-refractivity contribution in [2.24, 2.45) is 0 Å². The van der Waals surface area contributed by atoms with Gasteiger partial charge in [-0.05, 0) is 95.2 Å². The fourth-order valence-corrected chi connectivity index (χ4v) is 9.89. The van der Waals surface area contributed by atoms with Crippen LogP contribution in [-0.2, 0) is 45.9 Å². The molecule has 4 aromatic carbocycles. The van der Waals surface area contributed by atoms with E-state index >= 15 is 0 Å². The molecular weight excluding hydrogens is 874 g/mol. The molecule has 0 aliphatic carbocycles. The molecule has 0 spiro atoms. The van der Waals surface area contributed by atoms with Gasteiger partial charge in [0.1, 0.15) is 20.2 Å². The summed E-state index contributed by atoms with van der Waals surface area (Å²) in [5.74, 6) is 0. The van der Waals surface area contributed by atoms with Crippen molar-refractivity contribution < 1.29 is 25.9 Å². The minimum Gasteiger partial charge on any atom is -0.744 e. The summed E-state index contributed by atoms with van der Waals surface area (Å²) in [6.45, 7) is 8.78. The summed E-state index contributed by atoms with van der Waals surface area (Å²) in [5, 5.41) is 3.04. The van der Waals surface area contributed by atoms with Gasteiger partial charge in [-0.1, -0.05) is 191 Å². The van der Waals surface area contributed by atoms with Crippen LogP contribution in [0.15, 0.2) is 70.5 Å². The summed E-state index contributed by atoms with van der Waals surface area (Å²) in [6, 6.07) is 19.0. The average Bonchev–Trinajstić information content (AvgIpc) is 3.16. The quantitative estimate of drug-likeness (QED) is 0.0352. The van der Waals surface area contributed by atoms with Gasteiger partial charge < -0.3 is 9.11 Å². The molecule has 0 unspecified atom stereocenters. The fourth-order valence-electron chi connectivity index (χ4n) is 8.03. The normalized spacial score (nSPS) is 11.8. The molecule has 4 aromatic rings. The summed E-state index contributed by atoms with van der Waals surface area (Å²) in [4.78, 5) is 0.0154. The maximum Gasteiger partial charge on any atom is 2.00 e. The van der Waals surface area contributed by atoms with Crippen molar-refractivity contribution in [3.8, 4) is 0 Å². The van der Waals surface area contributed by atoms with Gasteiger partial charge in [-0.2, -0.15) is 0 Å². The molecule has 0 atom stereocenters. The fraction of sp³-hybridized carbons (Fsp3) is 0.583. The SMILES string of the molecule is CCCCCCCc1cc(CCCCCCC)c2ccccc2c1S(=O)(=O)[O-].CCCCCCCc1cc(CCCCCCC)c2ccccc2c1S(=O)(=O)[O-].[Ba+2]. The second-order valence-corrected chi connectivity index (χ2v) is 18.3. The number of fused-ring (bicyclic) bond motifs is 2. The van der Waals surface area contributed by atoms with E-state index < -0.39 is 20.2 Å². The topological polar surface area (TPSA) is 114 Å². The Kier molecular flexibility index (Phi) is 25.8. The first-order chi connectivity index (χ1) is 27.0. The molecular formula is C48H70BaO6S2. The van der Waals surface area contributed by atoms with Gasteiger partial charge in [0.15, 0.2) is 0 Å². The molecule has 4 rings (SSSR count). The van der Waals surface area contributed by atoms with E-state index in [1.807, 2.05) is 48.5 Å². The molecule has 57 heavy (non-hydrogen) atoms. The number of hydrogen-bond donors (Lipinski definition) is 0. The first-order valence-electron chi connectivity index (χ1n) is 22.0. The van der Waals surface area contributed by atoms with Crippen molar-refractivity contribution in [3.05, 3.63) is 82.9 Å². The first kappa shape index (κ1) is 51.9. The molecule has 0 fully saturated rings. The minimum absolute atomic E-state index is 0. The van der Waals surface area contributed by atoms with Gasteiger partial charge in [0.2, 0.25) is 0 Å². The van der Waals surface area contributed by atoms with E-state index in [1.165, 1.54) is 88.2 Å². The largest absolute Gasteiger partial charge is 2.00 e. The van der Waals surface area contributed by atoms with Crippen molar-refractivity contribution in [3.63, 3.8) is 0 Å². The van der Waals surface area contributed by atoms with Gasteiger partial charge in [-0.3, -0.25) is 0 Å². The van der Waals surface area contributed by atoms with E-state index in [-0.39, 0.29) is 58.7 Å². The Morgan fingerprint density at radius 3 is 0.877 bits per heavy atom. The van der Waals surface area contributed by atoms with Crippen LogP contribution < -0.4 is 0 Å². The number of rotatable bonds is 26. The molecule has 0 aliphatic rings. The van der Waals surface area contributed by atoms with Gasteiger partial charge >= 0.3 is 48.9 Å². The maximum atomic E-state index is 12.1. The van der Waals surface area contributed by atoms with Crippen LogP contribution >= 0.6 is 0 Å². The first-order valence-corrected chi connectivity index (χ1v) is 24.8. The van der Waals surface area contributed by atoms with E-state index in [2.05, 4.69) is 27.7 Å². The summed E-state index contributed by atoms with van der Waals surface area (Å²) < 4.78 is 72.5. The van der Waals surface area contributed by atoms with Gasteiger partial charge in [0.25, 0.3) is 0 Å². The molecule has 0 bridgehead atoms. The van der Waals surface area contributed by atoms with Crippen LogP contribution in [0.4, 0.5) is 0 Å². The Morgan fingerprint density at radius 2 is 0.614 bits per heavy atom. The molecule has 0 heterocycles. The van der Waals surface area contributed by atoms with Crippen LogP contribution in [0.5, 0.6) is 0 Å². The third kappa shape index (κ3) is 17.7. The Balaban J connectivity index is 0.000000387. The van der Waals surface area contributed by atoms with Crippen molar-refractivity contribution in [1.82, 2.24) is 0 Å². The second-order valence-electron chi connectivity index (χ2n) is 15.7. The van der Waals surface area contributed by atoms with Crippen LogP contribution in [0, 0.1) is 0 Å². The Bertz CT molecular complexity index is 1830. The van der Waals surface area contributed by atoms with Crippen molar-refractivity contribution in [1.29, 1.82) is 0 Å². The van der Waals surface area contributed by atoms with E-state index in [0.717, 1.165) is 75.0 Å². The third-order valence-electron chi connectivity index (χ3n) is 11.0. The summed E-state index contributed by atoms with van der Waals surface area (Å²) >= 11 is 0. The van der Waals surface area contributed by atoms with Crippen LogP contribution in [-0.4, -0.2) is 74.8 Å². The molecule has 9 heteroatoms. The predicted molar refractivity (Wildman–Crippen MR) is 239 cm³/mol. The predicted octanol–water partition coefficient (Wildman–Crippen LogP) is 13.2. The van der Waals surface area contributed by atoms with Crippen molar-refractivity contribution >= 4 is 90.7 Å². The smallest absolute Gasteiger partial charge is 0.744 e. The zero-order chi connectivity index (χ0) is 40.8. The van der Waals surface area contributed by atoms with Gasteiger partial charge in [0.05, 0.1) is 9.79 Å². The van der Waals surface area contributed by atoms with Gasteiger partial charge in [-0.25, -0.2) is 16.8 Å². The van der Waals surface area contributed by atoms with E-state index in [9.17, 15) is 25.9 Å². The molecule has 312 valence electrons. The monoisotopic (exact) mass is 944 g/mol. The van der Waals surface area contributed by atoms with Crippen LogP contribution in [0.25, 0.3) is 21.5 Å². The van der Waals surface area contributed by atoms with Gasteiger partial charge in [-0.15, -0.1) is 0 Å². The van der Waals surface area contributed by atoms with E-state index in [1.54, 1.807) is 12.1 Å².